The van der Waals surface area contributed by atoms with Crippen LogP contribution in [-0.4, -0.2) is 33.7 Å². The van der Waals surface area contributed by atoms with Crippen molar-refractivity contribution in [2.75, 3.05) is 20.0 Å². The molecule has 0 radical (unpaired) electrons. The van der Waals surface area contributed by atoms with E-state index in [1.807, 2.05) is 24.5 Å². The van der Waals surface area contributed by atoms with Crippen molar-refractivity contribution in [2.24, 2.45) is 0 Å². The van der Waals surface area contributed by atoms with Crippen LogP contribution in [0.2, 0.25) is 5.15 Å². The average Bonchev–Trinajstić information content (AvgIpc) is 2.93. The lowest BCUT2D eigenvalue weighted by atomic mass is 10.0. The summed E-state index contributed by atoms with van der Waals surface area (Å²) in [6.45, 7) is 4.51. The zero-order valence-electron chi connectivity index (χ0n) is 13.9. The van der Waals surface area contributed by atoms with E-state index in [2.05, 4.69) is 15.0 Å². The molecule has 0 saturated carbocycles. The Balaban J connectivity index is 2.12. The molecular formula is C16H18ClN5O2. The smallest absolute Gasteiger partial charge is 0.223 e. The molecule has 2 aromatic heterocycles. The molecule has 1 aromatic carbocycles. The number of ether oxygens (including phenoxy) is 2. The number of benzene rings is 1. The topological polar surface area (TPSA) is 88.1 Å². The van der Waals surface area contributed by atoms with Gasteiger partial charge in [-0.1, -0.05) is 11.6 Å². The summed E-state index contributed by atoms with van der Waals surface area (Å²) in [6.07, 6.45) is 1.67. The van der Waals surface area contributed by atoms with Crippen molar-refractivity contribution < 1.29 is 9.47 Å². The molecule has 0 amide bonds. The van der Waals surface area contributed by atoms with Gasteiger partial charge in [0.15, 0.2) is 10.8 Å². The maximum absolute atomic E-state index is 6.08. The third-order valence-corrected chi connectivity index (χ3v) is 4.30. The average molecular weight is 348 g/mol. The fourth-order valence-electron chi connectivity index (χ4n) is 2.82. The number of nitrogens with zero attached hydrogens (tertiary/aromatic N) is 4. The van der Waals surface area contributed by atoms with Crippen LogP contribution < -0.4 is 15.2 Å². The molecular weight excluding hydrogens is 330 g/mol. The number of hydrogen-bond acceptors (Lipinski definition) is 6. The highest BCUT2D eigenvalue weighted by atomic mass is 35.5. The van der Waals surface area contributed by atoms with Gasteiger partial charge < -0.3 is 19.8 Å². The minimum Gasteiger partial charge on any atom is -0.496 e. The van der Waals surface area contributed by atoms with Gasteiger partial charge in [0, 0.05) is 5.56 Å². The lowest BCUT2D eigenvalue weighted by Crippen LogP contribution is -2.06. The van der Waals surface area contributed by atoms with Crippen LogP contribution in [-0.2, 0) is 6.54 Å². The second kappa shape index (κ2) is 6.16. The number of fused-ring (bicyclic) bond motifs is 1. The van der Waals surface area contributed by atoms with Crippen LogP contribution in [0.1, 0.15) is 16.7 Å². The van der Waals surface area contributed by atoms with Crippen molar-refractivity contribution >= 4 is 28.7 Å². The fraction of sp³-hybridized carbons (Fsp3) is 0.312. The molecule has 8 heteroatoms. The molecule has 2 heterocycles. The molecule has 0 aliphatic carbocycles. The number of aromatic nitrogens is 4. The molecule has 0 aliphatic heterocycles. The Hall–Kier alpha value is -2.54. The van der Waals surface area contributed by atoms with E-state index in [0.29, 0.717) is 17.7 Å². The monoisotopic (exact) mass is 347 g/mol. The first-order chi connectivity index (χ1) is 11.5. The lowest BCUT2D eigenvalue weighted by molar-refractivity contribution is 0.385. The summed E-state index contributed by atoms with van der Waals surface area (Å²) in [5.41, 5.74) is 9.84. The summed E-state index contributed by atoms with van der Waals surface area (Å²) >= 11 is 6.08. The van der Waals surface area contributed by atoms with Crippen molar-refractivity contribution in [3.8, 4) is 11.5 Å². The molecule has 0 spiro atoms. The van der Waals surface area contributed by atoms with Crippen molar-refractivity contribution in [3.05, 3.63) is 34.2 Å². The van der Waals surface area contributed by atoms with Crippen LogP contribution in [0, 0.1) is 13.8 Å². The summed E-state index contributed by atoms with van der Waals surface area (Å²) < 4.78 is 12.9. The fourth-order valence-corrected chi connectivity index (χ4v) is 3.04. The SMILES string of the molecule is COc1cc(Cn2cnc3c(Cl)nc(N)nc32)c(C)c(OC)c1C. The van der Waals surface area contributed by atoms with Crippen molar-refractivity contribution in [1.82, 2.24) is 19.5 Å². The molecule has 0 saturated heterocycles. The van der Waals surface area contributed by atoms with Gasteiger partial charge in [-0.25, -0.2) is 4.98 Å². The molecule has 3 aromatic rings. The largest absolute Gasteiger partial charge is 0.496 e. The maximum Gasteiger partial charge on any atom is 0.223 e. The van der Waals surface area contributed by atoms with E-state index >= 15 is 0 Å². The number of halogens is 1. The van der Waals surface area contributed by atoms with E-state index in [-0.39, 0.29) is 11.1 Å². The minimum atomic E-state index is 0.116. The minimum absolute atomic E-state index is 0.116. The van der Waals surface area contributed by atoms with Crippen molar-refractivity contribution in [3.63, 3.8) is 0 Å². The van der Waals surface area contributed by atoms with Gasteiger partial charge in [-0.15, -0.1) is 0 Å². The molecule has 0 fully saturated rings. The quantitative estimate of drug-likeness (QED) is 0.730. The van der Waals surface area contributed by atoms with E-state index in [0.717, 1.165) is 28.2 Å². The van der Waals surface area contributed by atoms with Gasteiger partial charge in [0.25, 0.3) is 0 Å². The summed E-state index contributed by atoms with van der Waals surface area (Å²) in [5.74, 6) is 1.69. The van der Waals surface area contributed by atoms with Crippen molar-refractivity contribution in [2.45, 2.75) is 20.4 Å². The van der Waals surface area contributed by atoms with Gasteiger partial charge in [-0.05, 0) is 31.0 Å². The highest BCUT2D eigenvalue weighted by molar-refractivity contribution is 6.33. The van der Waals surface area contributed by atoms with Gasteiger partial charge in [0.05, 0.1) is 27.1 Å². The number of nitrogen functional groups attached to an aromatic ring is 1. The van der Waals surface area contributed by atoms with Gasteiger partial charge >= 0.3 is 0 Å². The summed E-state index contributed by atoms with van der Waals surface area (Å²) in [6, 6.07) is 1.99. The number of hydrogen-bond donors (Lipinski definition) is 1. The van der Waals surface area contributed by atoms with E-state index in [1.165, 1.54) is 0 Å². The molecule has 3 rings (SSSR count). The van der Waals surface area contributed by atoms with Crippen LogP contribution in [0.4, 0.5) is 5.95 Å². The first kappa shape index (κ1) is 16.3. The van der Waals surface area contributed by atoms with E-state index in [9.17, 15) is 0 Å². The highest BCUT2D eigenvalue weighted by Gasteiger charge is 2.16. The number of methoxy groups -OCH3 is 2. The van der Waals surface area contributed by atoms with Crippen LogP contribution >= 0.6 is 11.6 Å². The first-order valence-electron chi connectivity index (χ1n) is 7.31. The van der Waals surface area contributed by atoms with E-state index in [4.69, 9.17) is 26.8 Å². The molecule has 24 heavy (non-hydrogen) atoms. The Bertz CT molecular complexity index is 923. The molecule has 0 atom stereocenters. The number of imidazole rings is 1. The molecule has 0 bridgehead atoms. The molecule has 2 N–H and O–H groups in total. The number of anilines is 1. The Labute approximate surface area is 144 Å². The Kier molecular flexibility index (Phi) is 4.19. The summed E-state index contributed by atoms with van der Waals surface area (Å²) in [4.78, 5) is 12.4. The predicted molar refractivity (Wildman–Crippen MR) is 92.9 cm³/mol. The summed E-state index contributed by atoms with van der Waals surface area (Å²) in [7, 11) is 3.29. The third-order valence-electron chi connectivity index (χ3n) is 4.04. The molecule has 7 nitrogen and oxygen atoms in total. The van der Waals surface area contributed by atoms with Crippen LogP contribution in [0.15, 0.2) is 12.4 Å². The number of nitrogens with two attached hydrogens (primary N) is 1. The second-order valence-corrected chi connectivity index (χ2v) is 5.80. The van der Waals surface area contributed by atoms with Crippen LogP contribution in [0.5, 0.6) is 11.5 Å². The first-order valence-corrected chi connectivity index (χ1v) is 7.69. The van der Waals surface area contributed by atoms with Gasteiger partial charge in [-0.3, -0.25) is 0 Å². The summed E-state index contributed by atoms with van der Waals surface area (Å²) in [5, 5.41) is 0.243. The normalized spacial score (nSPS) is 11.0. The Morgan fingerprint density at radius 1 is 1.17 bits per heavy atom. The lowest BCUT2D eigenvalue weighted by Gasteiger charge is -2.17. The Morgan fingerprint density at radius 3 is 2.58 bits per heavy atom. The van der Waals surface area contributed by atoms with E-state index in [1.54, 1.807) is 20.5 Å². The Morgan fingerprint density at radius 2 is 1.92 bits per heavy atom. The van der Waals surface area contributed by atoms with Crippen molar-refractivity contribution in [1.29, 1.82) is 0 Å². The molecule has 126 valence electrons. The van der Waals surface area contributed by atoms with Crippen LogP contribution in [0.3, 0.4) is 0 Å². The van der Waals surface area contributed by atoms with E-state index < -0.39 is 0 Å². The number of rotatable bonds is 4. The second-order valence-electron chi connectivity index (χ2n) is 5.44. The zero-order valence-corrected chi connectivity index (χ0v) is 14.7. The standard InChI is InChI=1S/C16H18ClN5O2/c1-8-10(5-11(23-3)9(2)13(8)24-4)6-22-7-19-12-14(17)20-16(18)21-15(12)22/h5,7H,6H2,1-4H3,(H2,18,20,21). The maximum atomic E-state index is 6.08. The predicted octanol–water partition coefficient (Wildman–Crippen LogP) is 2.74. The van der Waals surface area contributed by atoms with Crippen LogP contribution in [0.25, 0.3) is 11.2 Å². The van der Waals surface area contributed by atoms with Gasteiger partial charge in [0.1, 0.15) is 17.0 Å². The molecule has 0 unspecified atom stereocenters. The third kappa shape index (κ3) is 2.60. The molecule has 0 aliphatic rings. The van der Waals surface area contributed by atoms with Gasteiger partial charge in [0.2, 0.25) is 5.95 Å². The van der Waals surface area contributed by atoms with Gasteiger partial charge in [-0.2, -0.15) is 9.97 Å². The zero-order chi connectivity index (χ0) is 17.4. The highest BCUT2D eigenvalue weighted by Crippen LogP contribution is 2.34.